The quantitative estimate of drug-likeness (QED) is 0.584. The summed E-state index contributed by atoms with van der Waals surface area (Å²) in [6, 6.07) is 16.9. The third-order valence-electron chi connectivity index (χ3n) is 4.47. The van der Waals surface area contributed by atoms with Gasteiger partial charge in [-0.3, -0.25) is 0 Å². The van der Waals surface area contributed by atoms with Crippen molar-refractivity contribution >= 4 is 5.96 Å². The Morgan fingerprint density at radius 3 is 2.70 bits per heavy atom. The van der Waals surface area contributed by atoms with Crippen molar-refractivity contribution in [3.05, 3.63) is 65.2 Å². The van der Waals surface area contributed by atoms with Crippen molar-refractivity contribution in [2.45, 2.75) is 32.5 Å². The van der Waals surface area contributed by atoms with E-state index in [0.29, 0.717) is 6.54 Å². The Kier molecular flexibility index (Phi) is 6.71. The molecule has 1 unspecified atom stereocenters. The van der Waals surface area contributed by atoms with Crippen molar-refractivity contribution < 1.29 is 4.74 Å². The van der Waals surface area contributed by atoms with E-state index in [9.17, 15) is 0 Å². The van der Waals surface area contributed by atoms with Gasteiger partial charge in [-0.2, -0.15) is 0 Å². The minimum Gasteiger partial charge on any atom is -0.488 e. The molecule has 1 atom stereocenters. The van der Waals surface area contributed by atoms with Crippen molar-refractivity contribution in [2.24, 2.45) is 4.99 Å². The van der Waals surface area contributed by atoms with Crippen LogP contribution in [0.1, 0.15) is 23.6 Å². The number of guanidine groups is 1. The molecule has 2 aromatic rings. The van der Waals surface area contributed by atoms with E-state index in [-0.39, 0.29) is 6.10 Å². The Labute approximate surface area is 162 Å². The highest BCUT2D eigenvalue weighted by molar-refractivity contribution is 5.79. The van der Waals surface area contributed by atoms with Crippen molar-refractivity contribution in [3.63, 3.8) is 0 Å². The predicted octanol–water partition coefficient (Wildman–Crippen LogP) is 2.81. The van der Waals surface area contributed by atoms with Crippen molar-refractivity contribution in [2.75, 3.05) is 27.2 Å². The van der Waals surface area contributed by atoms with Gasteiger partial charge in [0.2, 0.25) is 0 Å². The van der Waals surface area contributed by atoms with E-state index in [1.165, 1.54) is 16.7 Å². The molecule has 0 bridgehead atoms. The third kappa shape index (κ3) is 5.73. The van der Waals surface area contributed by atoms with Gasteiger partial charge in [0.25, 0.3) is 0 Å². The number of hydrogen-bond donors (Lipinski definition) is 2. The van der Waals surface area contributed by atoms with Crippen LogP contribution in [0, 0.1) is 0 Å². The van der Waals surface area contributed by atoms with Crippen molar-refractivity contribution in [3.8, 4) is 5.75 Å². The molecule has 1 aliphatic rings. The van der Waals surface area contributed by atoms with Crippen LogP contribution in [0.25, 0.3) is 0 Å². The van der Waals surface area contributed by atoms with Crippen LogP contribution in [0.4, 0.5) is 0 Å². The van der Waals surface area contributed by atoms with Gasteiger partial charge in [0, 0.05) is 19.5 Å². The molecule has 1 heterocycles. The van der Waals surface area contributed by atoms with Crippen LogP contribution >= 0.6 is 0 Å². The Bertz CT molecular complexity index is 747. The minimum absolute atomic E-state index is 0.148. The molecule has 3 rings (SSSR count). The Balaban J connectivity index is 1.56. The van der Waals surface area contributed by atoms with E-state index in [1.807, 2.05) is 12.1 Å². The zero-order chi connectivity index (χ0) is 19.1. The molecule has 0 aromatic heterocycles. The molecule has 2 N–H and O–H groups in total. The minimum atomic E-state index is 0.148. The Morgan fingerprint density at radius 1 is 1.11 bits per heavy atom. The Hall–Kier alpha value is -2.53. The van der Waals surface area contributed by atoms with Gasteiger partial charge in [-0.15, -0.1) is 0 Å². The van der Waals surface area contributed by atoms with Crippen LogP contribution in [0.3, 0.4) is 0 Å². The summed E-state index contributed by atoms with van der Waals surface area (Å²) >= 11 is 0. The topological polar surface area (TPSA) is 48.9 Å². The first-order chi connectivity index (χ1) is 13.1. The number of aliphatic imine (C=N–C) groups is 1. The maximum atomic E-state index is 6.00. The first-order valence-electron chi connectivity index (χ1n) is 9.63. The second-order valence-electron chi connectivity index (χ2n) is 7.19. The maximum absolute atomic E-state index is 6.00. The normalized spacial score (nSPS) is 16.1. The molecule has 2 aromatic carbocycles. The zero-order valence-corrected chi connectivity index (χ0v) is 16.5. The van der Waals surface area contributed by atoms with Gasteiger partial charge >= 0.3 is 0 Å². The van der Waals surface area contributed by atoms with Gasteiger partial charge in [-0.1, -0.05) is 42.5 Å². The molecule has 0 fully saturated rings. The van der Waals surface area contributed by atoms with Crippen LogP contribution in [0.5, 0.6) is 5.75 Å². The highest BCUT2D eigenvalue weighted by Gasteiger charge is 2.22. The second-order valence-corrected chi connectivity index (χ2v) is 7.19. The van der Waals surface area contributed by atoms with Gasteiger partial charge in [0.15, 0.2) is 5.96 Å². The molecule has 1 aliphatic heterocycles. The molecule has 5 nitrogen and oxygen atoms in total. The first-order valence-corrected chi connectivity index (χ1v) is 9.63. The lowest BCUT2D eigenvalue weighted by molar-refractivity contribution is 0.235. The van der Waals surface area contributed by atoms with E-state index in [1.54, 1.807) is 0 Å². The number of para-hydroxylation sites is 1. The number of hydrogen-bond acceptors (Lipinski definition) is 3. The summed E-state index contributed by atoms with van der Waals surface area (Å²) < 4.78 is 6.00. The monoisotopic (exact) mass is 366 g/mol. The maximum Gasteiger partial charge on any atom is 0.191 e. The molecule has 5 heteroatoms. The molecular formula is C22H30N4O. The van der Waals surface area contributed by atoms with Gasteiger partial charge in [0.1, 0.15) is 11.9 Å². The summed E-state index contributed by atoms with van der Waals surface area (Å²) in [4.78, 5) is 6.91. The predicted molar refractivity (Wildman–Crippen MR) is 111 cm³/mol. The molecule has 0 radical (unpaired) electrons. The summed E-state index contributed by atoms with van der Waals surface area (Å²) in [6.07, 6.45) is 1.09. The van der Waals surface area contributed by atoms with Gasteiger partial charge in [-0.25, -0.2) is 4.99 Å². The number of benzene rings is 2. The second kappa shape index (κ2) is 9.42. The highest BCUT2D eigenvalue weighted by atomic mass is 16.5. The molecule has 27 heavy (non-hydrogen) atoms. The first kappa shape index (κ1) is 19.2. The lowest BCUT2D eigenvalue weighted by atomic mass is 10.1. The fourth-order valence-corrected chi connectivity index (χ4v) is 3.28. The van der Waals surface area contributed by atoms with E-state index in [2.05, 4.69) is 73.0 Å². The van der Waals surface area contributed by atoms with Gasteiger partial charge < -0.3 is 20.3 Å². The average Bonchev–Trinajstić information content (AvgIpc) is 3.07. The SMILES string of the molecule is CCNC(=NCc1cccc(CN(C)C)c1)NCC1Cc2ccccc2O1. The molecule has 0 aliphatic carbocycles. The van der Waals surface area contributed by atoms with Gasteiger partial charge in [-0.05, 0) is 43.8 Å². The summed E-state index contributed by atoms with van der Waals surface area (Å²) in [6.45, 7) is 5.24. The van der Waals surface area contributed by atoms with Crippen LogP contribution in [0.2, 0.25) is 0 Å². The molecule has 0 saturated carbocycles. The molecule has 144 valence electrons. The summed E-state index contributed by atoms with van der Waals surface area (Å²) in [7, 11) is 4.17. The van der Waals surface area contributed by atoms with Crippen LogP contribution < -0.4 is 15.4 Å². The van der Waals surface area contributed by atoms with Crippen molar-refractivity contribution in [1.29, 1.82) is 0 Å². The van der Waals surface area contributed by atoms with E-state index < -0.39 is 0 Å². The lowest BCUT2D eigenvalue weighted by Crippen LogP contribution is -2.42. The van der Waals surface area contributed by atoms with Crippen molar-refractivity contribution in [1.82, 2.24) is 15.5 Å². The zero-order valence-electron chi connectivity index (χ0n) is 16.5. The summed E-state index contributed by atoms with van der Waals surface area (Å²) in [5.41, 5.74) is 3.81. The van der Waals surface area contributed by atoms with E-state index in [0.717, 1.165) is 37.8 Å². The number of fused-ring (bicyclic) bond motifs is 1. The van der Waals surface area contributed by atoms with Crippen LogP contribution in [-0.4, -0.2) is 44.1 Å². The largest absolute Gasteiger partial charge is 0.488 e. The smallest absolute Gasteiger partial charge is 0.191 e. The molecule has 0 saturated heterocycles. The van der Waals surface area contributed by atoms with E-state index in [4.69, 9.17) is 9.73 Å². The lowest BCUT2D eigenvalue weighted by Gasteiger charge is -2.15. The molecule has 0 amide bonds. The van der Waals surface area contributed by atoms with E-state index >= 15 is 0 Å². The number of rotatable bonds is 7. The standard InChI is InChI=1S/C22H30N4O/c1-4-23-22(24-14-17-8-7-9-18(12-17)16-26(2)3)25-15-20-13-19-10-5-6-11-21(19)27-20/h5-12,20H,4,13-16H2,1-3H3,(H2,23,24,25). The summed E-state index contributed by atoms with van der Waals surface area (Å²) in [5.74, 6) is 1.83. The third-order valence-corrected chi connectivity index (χ3v) is 4.47. The Morgan fingerprint density at radius 2 is 1.93 bits per heavy atom. The highest BCUT2D eigenvalue weighted by Crippen LogP contribution is 2.27. The summed E-state index contributed by atoms with van der Waals surface area (Å²) in [5, 5.41) is 6.74. The van der Waals surface area contributed by atoms with Gasteiger partial charge in [0.05, 0.1) is 13.1 Å². The average molecular weight is 367 g/mol. The number of ether oxygens (including phenoxy) is 1. The fourth-order valence-electron chi connectivity index (χ4n) is 3.28. The van der Waals surface area contributed by atoms with Crippen LogP contribution in [0.15, 0.2) is 53.5 Å². The molecular weight excluding hydrogens is 336 g/mol. The molecule has 0 spiro atoms. The number of nitrogens with one attached hydrogen (secondary N) is 2. The van der Waals surface area contributed by atoms with Crippen LogP contribution in [-0.2, 0) is 19.5 Å². The fraction of sp³-hybridized carbons (Fsp3) is 0.409. The number of nitrogens with zero attached hydrogens (tertiary/aromatic N) is 2.